The highest BCUT2D eigenvalue weighted by Crippen LogP contribution is 2.47. The van der Waals surface area contributed by atoms with Gasteiger partial charge in [-0.05, 0) is 57.0 Å². The van der Waals surface area contributed by atoms with Gasteiger partial charge in [-0.15, -0.1) is 0 Å². The molecule has 34 heavy (non-hydrogen) atoms. The van der Waals surface area contributed by atoms with Crippen LogP contribution in [0.15, 0.2) is 0 Å². The Labute approximate surface area is 211 Å². The first-order valence-electron chi connectivity index (χ1n) is 13.4. The Bertz CT molecular complexity index is 645. The predicted octanol–water partition coefficient (Wildman–Crippen LogP) is 7.07. The molecule has 0 saturated carbocycles. The topological polar surface area (TPSA) is 46.2 Å². The van der Waals surface area contributed by atoms with Crippen molar-refractivity contribution in [3.63, 3.8) is 0 Å². The van der Waals surface area contributed by atoms with Crippen LogP contribution in [-0.2, 0) is 23.1 Å². The van der Waals surface area contributed by atoms with Gasteiger partial charge in [-0.3, -0.25) is 0 Å². The maximum atomic E-state index is 14.8. The molecule has 8 atom stereocenters. The van der Waals surface area contributed by atoms with Crippen molar-refractivity contribution in [1.82, 2.24) is 0 Å². The second kappa shape index (κ2) is 11.3. The zero-order valence-electron chi connectivity index (χ0n) is 24.0. The SMILES string of the molecule is CC[Si](CC)(CC)O[C@@]1(C)CC(F)O[C@@H](C)[C@@H]1[C@H]1C[C@@H](OC)[C@H](O[Si](C)(C)C(C)(C)C)[C@@H](C)O1. The van der Waals surface area contributed by atoms with Crippen LogP contribution in [0.5, 0.6) is 0 Å². The van der Waals surface area contributed by atoms with E-state index in [4.69, 9.17) is 23.1 Å². The molecule has 0 radical (unpaired) electrons. The molecule has 2 aliphatic rings. The highest BCUT2D eigenvalue weighted by atomic mass is 28.4. The average molecular weight is 521 g/mol. The van der Waals surface area contributed by atoms with Crippen molar-refractivity contribution in [2.45, 2.75) is 154 Å². The number of hydrogen-bond acceptors (Lipinski definition) is 5. The van der Waals surface area contributed by atoms with Gasteiger partial charge >= 0.3 is 0 Å². The molecule has 2 fully saturated rings. The number of hydrogen-bond donors (Lipinski definition) is 0. The molecule has 0 aliphatic carbocycles. The van der Waals surface area contributed by atoms with Gasteiger partial charge in [0.2, 0.25) is 6.36 Å². The number of methoxy groups -OCH3 is 1. The molecule has 2 heterocycles. The van der Waals surface area contributed by atoms with Gasteiger partial charge in [0.25, 0.3) is 0 Å². The Hall–Kier alpha value is 0.164. The molecule has 0 amide bonds. The second-order valence-electron chi connectivity index (χ2n) is 12.4. The van der Waals surface area contributed by atoms with Crippen LogP contribution in [0.3, 0.4) is 0 Å². The van der Waals surface area contributed by atoms with Gasteiger partial charge in [-0.25, -0.2) is 4.39 Å². The van der Waals surface area contributed by atoms with Crippen molar-refractivity contribution in [3.05, 3.63) is 0 Å². The van der Waals surface area contributed by atoms with Gasteiger partial charge in [-0.2, -0.15) is 0 Å². The van der Waals surface area contributed by atoms with Crippen molar-refractivity contribution < 1.29 is 27.5 Å². The molecular formula is C26H53FO5Si2. The quantitative estimate of drug-likeness (QED) is 0.304. The third kappa shape index (κ3) is 6.35. The second-order valence-corrected chi connectivity index (χ2v) is 21.8. The standard InChI is InChI=1S/C26H53FO5Si2/c1-13-34(14-2,15-3)32-26(9)17-22(27)30-18(4)23(26)20-16-21(28-10)24(19(5)29-20)31-33(11,12)25(6,7)8/h18-24H,13-17H2,1-12H3/t18-,19+,20+,21+,22?,23+,24+,26-/m0/s1. The summed E-state index contributed by atoms with van der Waals surface area (Å²) in [5.74, 6) is -0.0788. The summed E-state index contributed by atoms with van der Waals surface area (Å²) in [7, 11) is -2.22. The lowest BCUT2D eigenvalue weighted by molar-refractivity contribution is -0.259. The van der Waals surface area contributed by atoms with Crippen LogP contribution >= 0.6 is 0 Å². The summed E-state index contributed by atoms with van der Waals surface area (Å²) in [4.78, 5) is 0. The van der Waals surface area contributed by atoms with Gasteiger partial charge in [-0.1, -0.05) is 41.5 Å². The van der Waals surface area contributed by atoms with E-state index in [0.29, 0.717) is 6.42 Å². The third-order valence-corrected chi connectivity index (χ3v) is 18.4. The van der Waals surface area contributed by atoms with Crippen molar-refractivity contribution in [1.29, 1.82) is 0 Å². The fraction of sp³-hybridized carbons (Fsp3) is 1.00. The predicted molar refractivity (Wildman–Crippen MR) is 142 cm³/mol. The lowest BCUT2D eigenvalue weighted by atomic mass is 9.74. The van der Waals surface area contributed by atoms with Crippen molar-refractivity contribution in [3.8, 4) is 0 Å². The minimum absolute atomic E-state index is 0.0788. The molecule has 0 bridgehead atoms. The first kappa shape index (κ1) is 30.4. The summed E-state index contributed by atoms with van der Waals surface area (Å²) in [6, 6.07) is 3.08. The Morgan fingerprint density at radius 2 is 1.56 bits per heavy atom. The highest BCUT2D eigenvalue weighted by molar-refractivity contribution is 6.74. The summed E-state index contributed by atoms with van der Waals surface area (Å²) in [6.45, 7) is 24.1. The molecule has 0 aromatic carbocycles. The van der Waals surface area contributed by atoms with Crippen molar-refractivity contribution >= 4 is 16.6 Å². The lowest BCUT2D eigenvalue weighted by Crippen LogP contribution is -2.64. The van der Waals surface area contributed by atoms with Gasteiger partial charge in [0.1, 0.15) is 0 Å². The summed E-state index contributed by atoms with van der Waals surface area (Å²) in [5.41, 5.74) is -0.638. The highest BCUT2D eigenvalue weighted by Gasteiger charge is 2.56. The Kier molecular flexibility index (Phi) is 10.1. The minimum Gasteiger partial charge on any atom is -0.411 e. The molecule has 202 valence electrons. The van der Waals surface area contributed by atoms with Crippen LogP contribution in [0.1, 0.15) is 75.2 Å². The van der Waals surface area contributed by atoms with E-state index in [2.05, 4.69) is 68.5 Å². The van der Waals surface area contributed by atoms with E-state index in [1.807, 2.05) is 6.92 Å². The molecule has 1 unspecified atom stereocenters. The molecule has 2 saturated heterocycles. The van der Waals surface area contributed by atoms with Crippen LogP contribution in [0, 0.1) is 5.92 Å². The van der Waals surface area contributed by atoms with E-state index in [-0.39, 0.29) is 47.9 Å². The maximum Gasteiger partial charge on any atom is 0.201 e. The van der Waals surface area contributed by atoms with Crippen LogP contribution in [0.4, 0.5) is 4.39 Å². The molecule has 2 aliphatic heterocycles. The maximum absolute atomic E-state index is 14.8. The molecule has 8 heteroatoms. The number of ether oxygens (including phenoxy) is 3. The first-order valence-corrected chi connectivity index (χ1v) is 18.9. The number of rotatable bonds is 9. The third-order valence-electron chi connectivity index (χ3n) is 9.14. The molecule has 5 nitrogen and oxygen atoms in total. The van der Waals surface area contributed by atoms with Gasteiger partial charge < -0.3 is 23.1 Å². The first-order chi connectivity index (χ1) is 15.6. The summed E-state index contributed by atoms with van der Waals surface area (Å²) >= 11 is 0. The van der Waals surface area contributed by atoms with Gasteiger partial charge in [0, 0.05) is 25.9 Å². The average Bonchev–Trinajstić information content (AvgIpc) is 2.72. The Morgan fingerprint density at radius 3 is 2.03 bits per heavy atom. The Balaban J connectivity index is 2.35. The van der Waals surface area contributed by atoms with E-state index in [1.165, 1.54) is 0 Å². The van der Waals surface area contributed by atoms with Crippen molar-refractivity contribution in [2.24, 2.45) is 5.92 Å². The molecular weight excluding hydrogens is 467 g/mol. The fourth-order valence-corrected chi connectivity index (χ4v) is 10.3. The van der Waals surface area contributed by atoms with Crippen LogP contribution in [-0.4, -0.2) is 66.2 Å². The zero-order chi connectivity index (χ0) is 26.1. The largest absolute Gasteiger partial charge is 0.411 e. The minimum atomic E-state index is -2.00. The summed E-state index contributed by atoms with van der Waals surface area (Å²) < 4.78 is 47.1. The fourth-order valence-electron chi connectivity index (χ4n) is 5.81. The normalized spacial score (nSPS) is 38.2. The molecule has 0 aromatic rings. The molecule has 2 rings (SSSR count). The molecule has 0 spiro atoms. The van der Waals surface area contributed by atoms with E-state index < -0.39 is 28.6 Å². The zero-order valence-corrected chi connectivity index (χ0v) is 26.0. The number of halogens is 1. The molecule has 0 aromatic heterocycles. The van der Waals surface area contributed by atoms with E-state index in [0.717, 1.165) is 18.1 Å². The van der Waals surface area contributed by atoms with Crippen LogP contribution in [0.2, 0.25) is 36.3 Å². The van der Waals surface area contributed by atoms with E-state index in [9.17, 15) is 4.39 Å². The molecule has 0 N–H and O–H groups in total. The lowest BCUT2D eigenvalue weighted by Gasteiger charge is -2.55. The monoisotopic (exact) mass is 520 g/mol. The van der Waals surface area contributed by atoms with E-state index >= 15 is 0 Å². The Morgan fingerprint density at radius 1 is 1.00 bits per heavy atom. The van der Waals surface area contributed by atoms with Gasteiger partial charge in [0.05, 0.1) is 36.1 Å². The van der Waals surface area contributed by atoms with Gasteiger partial charge in [0.15, 0.2) is 16.6 Å². The summed E-state index contributed by atoms with van der Waals surface area (Å²) in [6.07, 6.45) is -1.20. The number of alkyl halides is 1. The van der Waals surface area contributed by atoms with Crippen LogP contribution < -0.4 is 0 Å². The van der Waals surface area contributed by atoms with Crippen molar-refractivity contribution in [2.75, 3.05) is 7.11 Å². The van der Waals surface area contributed by atoms with Crippen LogP contribution in [0.25, 0.3) is 0 Å². The van der Waals surface area contributed by atoms with E-state index in [1.54, 1.807) is 7.11 Å². The summed E-state index contributed by atoms with van der Waals surface area (Å²) in [5, 5.41) is 0.102. The smallest absolute Gasteiger partial charge is 0.201 e.